The minimum absolute atomic E-state index is 0.324. The lowest BCUT2D eigenvalue weighted by Gasteiger charge is -2.41. The van der Waals surface area contributed by atoms with E-state index < -0.39 is 0 Å². The largest absolute Gasteiger partial charge is 0.298 e. The highest BCUT2D eigenvalue weighted by atomic mass is 15.6. The predicted octanol–water partition coefficient (Wildman–Crippen LogP) is 3.51. The van der Waals surface area contributed by atoms with Gasteiger partial charge in [0, 0.05) is 32.2 Å². The van der Waals surface area contributed by atoms with E-state index in [2.05, 4.69) is 62.6 Å². The van der Waals surface area contributed by atoms with Crippen molar-refractivity contribution in [2.45, 2.75) is 70.5 Å². The molecular formula is C22H34N6. The first kappa shape index (κ1) is 19.5. The number of piperazine rings is 1. The van der Waals surface area contributed by atoms with Gasteiger partial charge in [0.1, 0.15) is 0 Å². The van der Waals surface area contributed by atoms with E-state index in [9.17, 15) is 0 Å². The van der Waals surface area contributed by atoms with E-state index in [0.29, 0.717) is 6.04 Å². The van der Waals surface area contributed by atoms with Crippen LogP contribution < -0.4 is 0 Å². The fourth-order valence-corrected chi connectivity index (χ4v) is 4.88. The second kappa shape index (κ2) is 9.61. The summed E-state index contributed by atoms with van der Waals surface area (Å²) in [6.07, 6.45) is 9.18. The molecule has 1 aromatic carbocycles. The van der Waals surface area contributed by atoms with Crippen molar-refractivity contribution in [3.63, 3.8) is 0 Å². The molecule has 1 saturated heterocycles. The molecule has 152 valence electrons. The zero-order valence-electron chi connectivity index (χ0n) is 17.2. The fraction of sp³-hybridized carbons (Fsp3) is 0.682. The summed E-state index contributed by atoms with van der Waals surface area (Å²) in [4.78, 5) is 5.36. The quantitative estimate of drug-likeness (QED) is 0.699. The zero-order chi connectivity index (χ0) is 19.2. The molecule has 2 heterocycles. The van der Waals surface area contributed by atoms with Crippen LogP contribution in [0.5, 0.6) is 0 Å². The van der Waals surface area contributed by atoms with Crippen LogP contribution in [0.3, 0.4) is 0 Å². The van der Waals surface area contributed by atoms with Crippen molar-refractivity contribution in [1.29, 1.82) is 0 Å². The summed E-state index contributed by atoms with van der Waals surface area (Å²) in [5, 5.41) is 12.9. The number of nitrogens with zero attached hydrogens (tertiary/aromatic N) is 6. The second-order valence-electron chi connectivity index (χ2n) is 8.35. The molecule has 1 atom stereocenters. The summed E-state index contributed by atoms with van der Waals surface area (Å²) < 4.78 is 2.01. The Kier molecular flexibility index (Phi) is 6.70. The fourth-order valence-electron chi connectivity index (χ4n) is 4.88. The lowest BCUT2D eigenvalue weighted by atomic mass is 10.1. The van der Waals surface area contributed by atoms with Crippen LogP contribution in [-0.2, 0) is 6.54 Å². The minimum Gasteiger partial charge on any atom is -0.298 e. The maximum absolute atomic E-state index is 4.48. The van der Waals surface area contributed by atoms with Gasteiger partial charge < -0.3 is 0 Å². The molecule has 0 radical (unpaired) electrons. The molecule has 28 heavy (non-hydrogen) atoms. The first-order valence-electron chi connectivity index (χ1n) is 11.1. The molecule has 2 aliphatic rings. The summed E-state index contributed by atoms with van der Waals surface area (Å²) in [5.41, 5.74) is 1.25. The topological polar surface area (TPSA) is 50.1 Å². The van der Waals surface area contributed by atoms with Crippen LogP contribution in [0.2, 0.25) is 0 Å². The van der Waals surface area contributed by atoms with Gasteiger partial charge in [-0.3, -0.25) is 9.80 Å². The van der Waals surface area contributed by atoms with E-state index in [1.54, 1.807) is 0 Å². The number of unbranched alkanes of at least 4 members (excludes halogenated alkanes) is 1. The Morgan fingerprint density at radius 2 is 1.79 bits per heavy atom. The van der Waals surface area contributed by atoms with Crippen molar-refractivity contribution >= 4 is 0 Å². The molecule has 1 aromatic heterocycles. The van der Waals surface area contributed by atoms with E-state index in [1.807, 2.05) is 4.68 Å². The average molecular weight is 383 g/mol. The Morgan fingerprint density at radius 3 is 2.50 bits per heavy atom. The third-order valence-electron chi connectivity index (χ3n) is 6.49. The highest BCUT2D eigenvalue weighted by molar-refractivity contribution is 5.15. The lowest BCUT2D eigenvalue weighted by Crippen LogP contribution is -2.50. The van der Waals surface area contributed by atoms with Gasteiger partial charge in [-0.2, -0.15) is 0 Å². The smallest absolute Gasteiger partial charge is 0.168 e. The van der Waals surface area contributed by atoms with E-state index in [0.717, 1.165) is 37.9 Å². The number of hydrogen-bond acceptors (Lipinski definition) is 5. The lowest BCUT2D eigenvalue weighted by molar-refractivity contribution is 0.0622. The van der Waals surface area contributed by atoms with E-state index in [-0.39, 0.29) is 0 Å². The minimum atomic E-state index is 0.324. The molecule has 4 rings (SSSR count). The number of benzene rings is 1. The summed E-state index contributed by atoms with van der Waals surface area (Å²) >= 11 is 0. The van der Waals surface area contributed by atoms with Crippen molar-refractivity contribution in [2.75, 3.05) is 26.2 Å². The highest BCUT2D eigenvalue weighted by Gasteiger charge is 2.31. The van der Waals surface area contributed by atoms with Crippen molar-refractivity contribution in [2.24, 2.45) is 0 Å². The second-order valence-corrected chi connectivity index (χ2v) is 8.35. The van der Waals surface area contributed by atoms with E-state index in [1.165, 1.54) is 57.2 Å². The monoisotopic (exact) mass is 382 g/mol. The van der Waals surface area contributed by atoms with Crippen LogP contribution in [0.1, 0.15) is 69.3 Å². The SMILES string of the molecule is CCCCC(c1nnnn1Cc1ccccc1)N1CCN(C2CCCC2)CC1. The van der Waals surface area contributed by atoms with Crippen molar-refractivity contribution in [3.05, 3.63) is 41.7 Å². The molecule has 0 spiro atoms. The Hall–Kier alpha value is -1.79. The van der Waals surface area contributed by atoms with E-state index in [4.69, 9.17) is 0 Å². The molecular weight excluding hydrogens is 348 g/mol. The van der Waals surface area contributed by atoms with Gasteiger partial charge in [-0.25, -0.2) is 4.68 Å². The molecule has 1 saturated carbocycles. The van der Waals surface area contributed by atoms with Crippen LogP contribution in [-0.4, -0.2) is 62.2 Å². The van der Waals surface area contributed by atoms with Gasteiger partial charge in [0.25, 0.3) is 0 Å². The Balaban J connectivity index is 1.45. The first-order valence-corrected chi connectivity index (χ1v) is 11.1. The van der Waals surface area contributed by atoms with Crippen LogP contribution in [0.4, 0.5) is 0 Å². The molecule has 0 bridgehead atoms. The molecule has 1 aliphatic carbocycles. The van der Waals surface area contributed by atoms with Gasteiger partial charge in [-0.05, 0) is 35.3 Å². The van der Waals surface area contributed by atoms with Crippen LogP contribution >= 0.6 is 0 Å². The molecule has 1 aliphatic heterocycles. The maximum atomic E-state index is 4.48. The maximum Gasteiger partial charge on any atom is 0.168 e. The first-order chi connectivity index (χ1) is 13.8. The Labute approximate surface area is 168 Å². The number of tetrazole rings is 1. The molecule has 1 unspecified atom stereocenters. The summed E-state index contributed by atoms with van der Waals surface area (Å²) in [6.45, 7) is 7.64. The van der Waals surface area contributed by atoms with Gasteiger partial charge in [-0.1, -0.05) is 62.9 Å². The molecule has 0 amide bonds. The van der Waals surface area contributed by atoms with Crippen molar-refractivity contribution in [3.8, 4) is 0 Å². The summed E-state index contributed by atoms with van der Waals surface area (Å²) in [5.74, 6) is 1.03. The number of aromatic nitrogens is 4. The number of hydrogen-bond donors (Lipinski definition) is 0. The van der Waals surface area contributed by atoms with Crippen molar-refractivity contribution < 1.29 is 0 Å². The van der Waals surface area contributed by atoms with Crippen LogP contribution in [0, 0.1) is 0 Å². The summed E-state index contributed by atoms with van der Waals surface area (Å²) in [6, 6.07) is 11.7. The molecule has 0 N–H and O–H groups in total. The van der Waals surface area contributed by atoms with Crippen LogP contribution in [0.25, 0.3) is 0 Å². The average Bonchev–Trinajstić information content (AvgIpc) is 3.42. The van der Waals surface area contributed by atoms with Gasteiger partial charge >= 0.3 is 0 Å². The zero-order valence-corrected chi connectivity index (χ0v) is 17.2. The van der Waals surface area contributed by atoms with Gasteiger partial charge in [-0.15, -0.1) is 5.10 Å². The standard InChI is InChI=1S/C22H34N6/c1-2-3-13-21(27-16-14-26(15-17-27)20-11-7-8-12-20)22-23-24-25-28(22)18-19-9-5-4-6-10-19/h4-6,9-10,20-21H,2-3,7-8,11-18H2,1H3. The molecule has 2 aromatic rings. The highest BCUT2D eigenvalue weighted by Crippen LogP contribution is 2.29. The summed E-state index contributed by atoms with van der Waals surface area (Å²) in [7, 11) is 0. The van der Waals surface area contributed by atoms with E-state index >= 15 is 0 Å². The molecule has 6 nitrogen and oxygen atoms in total. The number of rotatable bonds is 8. The Bertz CT molecular complexity index is 701. The van der Waals surface area contributed by atoms with Gasteiger partial charge in [0.15, 0.2) is 5.82 Å². The molecule has 2 fully saturated rings. The predicted molar refractivity (Wildman–Crippen MR) is 111 cm³/mol. The Morgan fingerprint density at radius 1 is 1.04 bits per heavy atom. The van der Waals surface area contributed by atoms with Gasteiger partial charge in [0.2, 0.25) is 0 Å². The van der Waals surface area contributed by atoms with Crippen molar-refractivity contribution in [1.82, 2.24) is 30.0 Å². The third kappa shape index (κ3) is 4.61. The van der Waals surface area contributed by atoms with Gasteiger partial charge in [0.05, 0.1) is 12.6 Å². The normalized spacial score (nSPS) is 20.6. The third-order valence-corrected chi connectivity index (χ3v) is 6.49. The van der Waals surface area contributed by atoms with Crippen LogP contribution in [0.15, 0.2) is 30.3 Å². The molecule has 6 heteroatoms.